The first-order valence-corrected chi connectivity index (χ1v) is 15.4. The quantitative estimate of drug-likeness (QED) is 0.233. The average molecular weight is 609 g/mol. The minimum Gasteiger partial charge on any atom is -0.481 e. The van der Waals surface area contributed by atoms with Crippen molar-refractivity contribution in [2.75, 3.05) is 22.9 Å². The van der Waals surface area contributed by atoms with E-state index in [4.69, 9.17) is 11.1 Å². The highest BCUT2D eigenvalue weighted by Crippen LogP contribution is 2.37. The van der Waals surface area contributed by atoms with Gasteiger partial charge in [-0.2, -0.15) is 13.2 Å². The van der Waals surface area contributed by atoms with Gasteiger partial charge in [0.05, 0.1) is 18.2 Å². The molecule has 1 fully saturated rings. The number of aryl methyl sites for hydroxylation is 3. The standard InChI is InChI=1S/C34H39F3N4O3/c1-4-40(19-23-9-11-25(12-10-23)33(42)43)31-17-27-8-6-5-7-26(27)16-28(31)21-41(32-13-22(2)39-44-32)20-24-14-29(34(35,36)37)18-30(15-24)38-3/h13-18,23,25H,4-12,19-21H2,1-2H3,(H,42,43). The van der Waals surface area contributed by atoms with Crippen LogP contribution in [0, 0.1) is 25.3 Å². The van der Waals surface area contributed by atoms with E-state index >= 15 is 0 Å². The largest absolute Gasteiger partial charge is 0.481 e. The summed E-state index contributed by atoms with van der Waals surface area (Å²) in [5, 5.41) is 13.5. The molecule has 0 spiro atoms. The maximum atomic E-state index is 13.7. The maximum Gasteiger partial charge on any atom is 0.415 e. The van der Waals surface area contributed by atoms with Crippen molar-refractivity contribution in [1.29, 1.82) is 0 Å². The van der Waals surface area contributed by atoms with E-state index in [-0.39, 0.29) is 18.2 Å². The predicted octanol–water partition coefficient (Wildman–Crippen LogP) is 8.36. The Balaban J connectivity index is 1.49. The van der Waals surface area contributed by atoms with Crippen LogP contribution in [0.4, 0.5) is 30.4 Å². The lowest BCUT2D eigenvalue weighted by molar-refractivity contribution is -0.143. The number of hydrogen-bond donors (Lipinski definition) is 1. The third-order valence-electron chi connectivity index (χ3n) is 9.04. The molecule has 1 aromatic heterocycles. The molecule has 44 heavy (non-hydrogen) atoms. The zero-order valence-corrected chi connectivity index (χ0v) is 25.3. The van der Waals surface area contributed by atoms with Gasteiger partial charge in [0.1, 0.15) is 0 Å². The van der Waals surface area contributed by atoms with E-state index in [0.29, 0.717) is 42.4 Å². The Morgan fingerprint density at radius 3 is 2.32 bits per heavy atom. The van der Waals surface area contributed by atoms with Crippen LogP contribution in [0.1, 0.15) is 79.0 Å². The van der Waals surface area contributed by atoms with Crippen LogP contribution >= 0.6 is 0 Å². The molecule has 1 saturated carbocycles. The van der Waals surface area contributed by atoms with Gasteiger partial charge in [0.15, 0.2) is 5.69 Å². The van der Waals surface area contributed by atoms with Crippen molar-refractivity contribution in [3.63, 3.8) is 0 Å². The van der Waals surface area contributed by atoms with Gasteiger partial charge in [-0.15, -0.1) is 0 Å². The Hall–Kier alpha value is -4.00. The van der Waals surface area contributed by atoms with E-state index in [1.165, 1.54) is 17.2 Å². The summed E-state index contributed by atoms with van der Waals surface area (Å²) in [5.74, 6) is -0.138. The molecular formula is C34H39F3N4O3. The molecule has 2 aliphatic carbocycles. The Bertz CT molecular complexity index is 1520. The number of anilines is 2. The number of benzene rings is 2. The molecule has 0 bridgehead atoms. The summed E-state index contributed by atoms with van der Waals surface area (Å²) in [6, 6.07) is 9.80. The fraction of sp³-hybridized carbons (Fsp3) is 0.500. The molecular weight excluding hydrogens is 569 g/mol. The Morgan fingerprint density at radius 1 is 1.02 bits per heavy atom. The molecule has 1 N–H and O–H groups in total. The lowest BCUT2D eigenvalue weighted by Crippen LogP contribution is -2.34. The normalized spacial score (nSPS) is 18.4. The van der Waals surface area contributed by atoms with Gasteiger partial charge in [-0.05, 0) is 112 Å². The Kier molecular flexibility index (Phi) is 9.52. The van der Waals surface area contributed by atoms with Crippen molar-refractivity contribution in [2.45, 2.75) is 84.5 Å². The molecule has 234 valence electrons. The third kappa shape index (κ3) is 7.37. The van der Waals surface area contributed by atoms with Crippen LogP contribution in [0.25, 0.3) is 4.85 Å². The summed E-state index contributed by atoms with van der Waals surface area (Å²) < 4.78 is 46.8. The highest BCUT2D eigenvalue weighted by molar-refractivity contribution is 5.70. The van der Waals surface area contributed by atoms with Crippen molar-refractivity contribution in [3.8, 4) is 0 Å². The van der Waals surface area contributed by atoms with Gasteiger partial charge in [-0.1, -0.05) is 17.3 Å². The van der Waals surface area contributed by atoms with E-state index in [0.717, 1.165) is 75.0 Å². The number of halogens is 3. The molecule has 0 aliphatic heterocycles. The van der Waals surface area contributed by atoms with Crippen LogP contribution in [-0.4, -0.2) is 29.3 Å². The number of fused-ring (bicyclic) bond motifs is 1. The molecule has 1 heterocycles. The second kappa shape index (κ2) is 13.3. The van der Waals surface area contributed by atoms with E-state index in [2.05, 4.69) is 34.0 Å². The topological polar surface area (TPSA) is 74.2 Å². The molecule has 3 aromatic rings. The number of hydrogen-bond acceptors (Lipinski definition) is 5. The van der Waals surface area contributed by atoms with Crippen molar-refractivity contribution < 1.29 is 27.6 Å². The van der Waals surface area contributed by atoms with E-state index in [1.807, 2.05) is 4.90 Å². The molecule has 0 atom stereocenters. The number of alkyl halides is 3. The average Bonchev–Trinajstić information content (AvgIpc) is 3.45. The third-order valence-corrected chi connectivity index (χ3v) is 9.04. The highest BCUT2D eigenvalue weighted by Gasteiger charge is 2.32. The van der Waals surface area contributed by atoms with Crippen LogP contribution in [0.2, 0.25) is 0 Å². The van der Waals surface area contributed by atoms with E-state index < -0.39 is 17.7 Å². The number of carboxylic acids is 1. The van der Waals surface area contributed by atoms with Gasteiger partial charge in [0.25, 0.3) is 0 Å². The van der Waals surface area contributed by atoms with E-state index in [1.54, 1.807) is 13.0 Å². The molecule has 0 saturated heterocycles. The number of carboxylic acid groups (broad SMARTS) is 1. The summed E-state index contributed by atoms with van der Waals surface area (Å²) >= 11 is 0. The Labute approximate surface area is 256 Å². The SMILES string of the molecule is [C-]#[N+]c1cc(CN(Cc2cc3c(cc2N(CC)CC2CCC(C(=O)O)CC2)CCCC3)c2cc(C)no2)cc(C(F)(F)F)c1. The lowest BCUT2D eigenvalue weighted by atomic mass is 9.81. The van der Waals surface area contributed by atoms with Gasteiger partial charge in [-0.25, -0.2) is 4.85 Å². The van der Waals surface area contributed by atoms with Crippen LogP contribution in [0.15, 0.2) is 40.9 Å². The first-order chi connectivity index (χ1) is 21.0. The van der Waals surface area contributed by atoms with Crippen molar-refractivity contribution >= 4 is 23.2 Å². The fourth-order valence-corrected chi connectivity index (χ4v) is 6.68. The second-order valence-corrected chi connectivity index (χ2v) is 12.2. The monoisotopic (exact) mass is 608 g/mol. The number of rotatable bonds is 10. The minimum absolute atomic E-state index is 0.0622. The summed E-state index contributed by atoms with van der Waals surface area (Å²) in [6.45, 7) is 13.4. The lowest BCUT2D eigenvalue weighted by Gasteiger charge is -2.35. The van der Waals surface area contributed by atoms with Crippen LogP contribution < -0.4 is 9.80 Å². The first-order valence-electron chi connectivity index (χ1n) is 15.4. The number of aromatic nitrogens is 1. The molecule has 0 unspecified atom stereocenters. The van der Waals surface area contributed by atoms with Crippen LogP contribution in [0.3, 0.4) is 0 Å². The molecule has 2 aliphatic rings. The molecule has 0 amide bonds. The second-order valence-electron chi connectivity index (χ2n) is 12.2. The fourth-order valence-electron chi connectivity index (χ4n) is 6.68. The van der Waals surface area contributed by atoms with Crippen molar-refractivity contribution in [1.82, 2.24) is 5.16 Å². The first kappa shape index (κ1) is 31.4. The minimum atomic E-state index is -4.57. The zero-order chi connectivity index (χ0) is 31.4. The van der Waals surface area contributed by atoms with Gasteiger partial charge >= 0.3 is 12.1 Å². The number of nitrogens with zero attached hydrogens (tertiary/aromatic N) is 4. The number of aliphatic carboxylic acids is 1. The summed E-state index contributed by atoms with van der Waals surface area (Å²) in [6.07, 6.45) is 2.81. The molecule has 7 nitrogen and oxygen atoms in total. The summed E-state index contributed by atoms with van der Waals surface area (Å²) in [7, 11) is 0. The zero-order valence-electron chi connectivity index (χ0n) is 25.3. The van der Waals surface area contributed by atoms with Crippen LogP contribution in [0.5, 0.6) is 0 Å². The molecule has 5 rings (SSSR count). The number of carbonyl (C=O) groups is 1. The van der Waals surface area contributed by atoms with Gasteiger partial charge in [0, 0.05) is 43.5 Å². The predicted molar refractivity (Wildman–Crippen MR) is 163 cm³/mol. The Morgan fingerprint density at radius 2 is 1.73 bits per heavy atom. The van der Waals surface area contributed by atoms with E-state index in [9.17, 15) is 23.1 Å². The smallest absolute Gasteiger partial charge is 0.415 e. The highest BCUT2D eigenvalue weighted by atomic mass is 19.4. The molecule has 10 heteroatoms. The van der Waals surface area contributed by atoms with Gasteiger partial charge in [0.2, 0.25) is 5.88 Å². The van der Waals surface area contributed by atoms with Gasteiger partial charge in [-0.3, -0.25) is 4.79 Å². The van der Waals surface area contributed by atoms with Crippen molar-refractivity contribution in [3.05, 3.63) is 81.3 Å². The molecule has 0 radical (unpaired) electrons. The summed E-state index contributed by atoms with van der Waals surface area (Å²) in [4.78, 5) is 19.1. The maximum absolute atomic E-state index is 13.7. The van der Waals surface area contributed by atoms with Crippen molar-refractivity contribution in [2.24, 2.45) is 11.8 Å². The van der Waals surface area contributed by atoms with Gasteiger partial charge < -0.3 is 19.4 Å². The van der Waals surface area contributed by atoms with Crippen LogP contribution in [-0.2, 0) is 36.9 Å². The summed E-state index contributed by atoms with van der Waals surface area (Å²) in [5.41, 5.74) is 4.90. The molecule has 2 aromatic carbocycles.